The molecule has 0 bridgehead atoms. The topological polar surface area (TPSA) is 81.0 Å². The Labute approximate surface area is 151 Å². The third kappa shape index (κ3) is 1.14. The number of rotatable bonds is 1. The molecule has 3 saturated carbocycles. The number of hydrogen-bond acceptors (Lipinski definition) is 6. The molecule has 0 aromatic heterocycles. The largest absolute Gasteiger partial charge is 0.465 e. The van der Waals surface area contributed by atoms with Crippen LogP contribution in [-0.2, 0) is 28.5 Å². The lowest BCUT2D eigenvalue weighted by atomic mass is 9.45. The summed E-state index contributed by atoms with van der Waals surface area (Å²) in [6.45, 7) is 6.89. The summed E-state index contributed by atoms with van der Waals surface area (Å²) in [7, 11) is 0. The number of esters is 1. The molecule has 26 heavy (non-hydrogen) atoms. The minimum atomic E-state index is -0.809. The van der Waals surface area contributed by atoms with E-state index >= 15 is 0 Å². The summed E-state index contributed by atoms with van der Waals surface area (Å²) in [6.07, 6.45) is 2.28. The molecule has 10 atom stereocenters. The first-order valence-electron chi connectivity index (χ1n) is 10.1. The Kier molecular flexibility index (Phi) is 2.18. The van der Waals surface area contributed by atoms with Gasteiger partial charge in [-0.1, -0.05) is 20.8 Å². The third-order valence-electron chi connectivity index (χ3n) is 9.31. The van der Waals surface area contributed by atoms with E-state index in [1.165, 1.54) is 0 Å². The fourth-order valence-electron chi connectivity index (χ4n) is 7.93. The summed E-state index contributed by atoms with van der Waals surface area (Å²) in [4.78, 5) is 25.8. The number of Topliss-reactive ketones (excluding diaryl/α,β-unsaturated/α-hetero) is 1. The van der Waals surface area contributed by atoms with Crippen LogP contribution < -0.4 is 0 Å². The molecule has 3 aliphatic carbocycles. The Morgan fingerprint density at radius 3 is 2.69 bits per heavy atom. The molecule has 4 aliphatic heterocycles. The highest BCUT2D eigenvalue weighted by atomic mass is 16.7. The molecule has 0 aromatic rings. The highest BCUT2D eigenvalue weighted by Gasteiger charge is 3.01. The van der Waals surface area contributed by atoms with Gasteiger partial charge in [-0.05, 0) is 31.1 Å². The number of carbonyl (C=O) groups is 2. The van der Waals surface area contributed by atoms with Crippen molar-refractivity contribution in [2.75, 3.05) is 6.61 Å². The molecule has 4 heterocycles. The first-order chi connectivity index (χ1) is 12.3. The second-order valence-electron chi connectivity index (χ2n) is 10.1. The first kappa shape index (κ1) is 15.0. The lowest BCUT2D eigenvalue weighted by Crippen LogP contribution is -2.68. The molecule has 2 spiro atoms. The lowest BCUT2D eigenvalue weighted by Gasteiger charge is -2.54. The summed E-state index contributed by atoms with van der Waals surface area (Å²) >= 11 is 0. The van der Waals surface area contributed by atoms with Crippen molar-refractivity contribution in [1.29, 1.82) is 0 Å². The van der Waals surface area contributed by atoms with Gasteiger partial charge in [0, 0.05) is 11.3 Å². The lowest BCUT2D eigenvalue weighted by molar-refractivity contribution is -0.147. The molecule has 0 amide bonds. The van der Waals surface area contributed by atoms with Crippen LogP contribution in [0, 0.1) is 29.1 Å². The van der Waals surface area contributed by atoms with E-state index in [1.54, 1.807) is 0 Å². The van der Waals surface area contributed by atoms with Crippen molar-refractivity contribution in [3.05, 3.63) is 0 Å². The number of fused-ring (bicyclic) bond motifs is 5. The molecule has 7 aliphatic rings. The summed E-state index contributed by atoms with van der Waals surface area (Å²) in [5.41, 5.74) is -2.23. The van der Waals surface area contributed by atoms with Gasteiger partial charge in [-0.15, -0.1) is 0 Å². The van der Waals surface area contributed by atoms with Gasteiger partial charge in [-0.2, -0.15) is 0 Å². The fourth-order valence-corrected chi connectivity index (χ4v) is 7.93. The Balaban J connectivity index is 1.36. The summed E-state index contributed by atoms with van der Waals surface area (Å²) < 4.78 is 24.2. The Bertz CT molecular complexity index is 793. The van der Waals surface area contributed by atoms with Crippen molar-refractivity contribution in [3.8, 4) is 0 Å². The predicted octanol–water partition coefficient (Wildman–Crippen LogP) is 1.25. The molecular weight excluding hydrogens is 336 g/mol. The van der Waals surface area contributed by atoms with E-state index < -0.39 is 16.8 Å². The standard InChI is InChI=1S/C20H24O6/c1-8(2)18-13(25-18)14-20(26-14)17(3)5-4-9-10(7-23-15(9)21)11(17)6-12-19(20,24-12)16(18)22/h8-14H,4-7H2,1-3H3/t9-,10+,11-,12-,13-,14-,17-,18-,19+,20+/m0/s1. The van der Waals surface area contributed by atoms with Gasteiger partial charge in [-0.3, -0.25) is 9.59 Å². The highest BCUT2D eigenvalue weighted by molar-refractivity contribution is 6.05. The minimum absolute atomic E-state index is 0.0131. The van der Waals surface area contributed by atoms with E-state index in [9.17, 15) is 9.59 Å². The van der Waals surface area contributed by atoms with Crippen LogP contribution >= 0.6 is 0 Å². The molecule has 4 saturated heterocycles. The number of cyclic esters (lactones) is 1. The van der Waals surface area contributed by atoms with Crippen LogP contribution in [0.2, 0.25) is 0 Å². The van der Waals surface area contributed by atoms with Gasteiger partial charge >= 0.3 is 5.97 Å². The van der Waals surface area contributed by atoms with Gasteiger partial charge in [0.1, 0.15) is 17.8 Å². The van der Waals surface area contributed by atoms with Crippen molar-refractivity contribution < 1.29 is 28.5 Å². The molecular formula is C20H24O6. The smallest absolute Gasteiger partial charge is 0.309 e. The maximum absolute atomic E-state index is 13.6. The summed E-state index contributed by atoms with van der Waals surface area (Å²) in [5, 5.41) is 0. The Hall–Kier alpha value is -0.980. The average molecular weight is 360 g/mol. The van der Waals surface area contributed by atoms with Crippen LogP contribution in [-0.4, -0.2) is 53.5 Å². The zero-order valence-corrected chi connectivity index (χ0v) is 15.3. The second kappa shape index (κ2) is 3.78. The van der Waals surface area contributed by atoms with Crippen molar-refractivity contribution in [2.24, 2.45) is 29.1 Å². The van der Waals surface area contributed by atoms with Crippen molar-refractivity contribution in [3.63, 3.8) is 0 Å². The monoisotopic (exact) mass is 360 g/mol. The zero-order valence-electron chi connectivity index (χ0n) is 15.3. The van der Waals surface area contributed by atoms with Gasteiger partial charge in [0.05, 0.1) is 18.6 Å². The first-order valence-corrected chi connectivity index (χ1v) is 10.1. The van der Waals surface area contributed by atoms with Gasteiger partial charge in [0.25, 0.3) is 0 Å². The average Bonchev–Trinajstić information content (AvgIpc) is 3.47. The molecule has 0 N–H and O–H groups in total. The van der Waals surface area contributed by atoms with Crippen LogP contribution in [0.4, 0.5) is 0 Å². The van der Waals surface area contributed by atoms with Gasteiger partial charge in [0.15, 0.2) is 11.2 Å². The SMILES string of the molecule is CC(C)[C@]12O[C@H]1[C@@H]1O[C@@]13[C@@]1(C)CC[C@@H]4C(=O)OC[C@H]4[C@@H]1C[C@@H]1O[C@@]13C2=O. The molecule has 7 rings (SSSR count). The van der Waals surface area contributed by atoms with E-state index in [-0.39, 0.29) is 53.2 Å². The van der Waals surface area contributed by atoms with Crippen LogP contribution in [0.5, 0.6) is 0 Å². The Morgan fingerprint density at radius 1 is 1.12 bits per heavy atom. The molecule has 6 nitrogen and oxygen atoms in total. The maximum atomic E-state index is 13.6. The van der Waals surface area contributed by atoms with E-state index in [2.05, 4.69) is 20.8 Å². The van der Waals surface area contributed by atoms with Crippen molar-refractivity contribution >= 4 is 11.8 Å². The fraction of sp³-hybridized carbons (Fsp3) is 0.900. The van der Waals surface area contributed by atoms with E-state index in [0.29, 0.717) is 12.5 Å². The van der Waals surface area contributed by atoms with Crippen LogP contribution in [0.3, 0.4) is 0 Å². The third-order valence-corrected chi connectivity index (χ3v) is 9.31. The zero-order chi connectivity index (χ0) is 17.9. The molecule has 6 heteroatoms. The van der Waals surface area contributed by atoms with E-state index in [0.717, 1.165) is 19.3 Å². The number of epoxide rings is 3. The quantitative estimate of drug-likeness (QED) is 0.517. The van der Waals surface area contributed by atoms with Crippen LogP contribution in [0.1, 0.15) is 40.0 Å². The molecule has 7 fully saturated rings. The van der Waals surface area contributed by atoms with Gasteiger partial charge < -0.3 is 18.9 Å². The molecule has 140 valence electrons. The van der Waals surface area contributed by atoms with Gasteiger partial charge in [0.2, 0.25) is 5.78 Å². The minimum Gasteiger partial charge on any atom is -0.465 e. The van der Waals surface area contributed by atoms with E-state index in [4.69, 9.17) is 18.9 Å². The highest BCUT2D eigenvalue weighted by Crippen LogP contribution is 2.82. The van der Waals surface area contributed by atoms with E-state index in [1.807, 2.05) is 0 Å². The van der Waals surface area contributed by atoms with Crippen LogP contribution in [0.15, 0.2) is 0 Å². The number of ketones is 1. The Morgan fingerprint density at radius 2 is 1.92 bits per heavy atom. The van der Waals surface area contributed by atoms with Crippen molar-refractivity contribution in [2.45, 2.75) is 75.1 Å². The molecule has 0 aromatic carbocycles. The van der Waals surface area contributed by atoms with Crippen LogP contribution in [0.25, 0.3) is 0 Å². The summed E-state index contributed by atoms with van der Waals surface area (Å²) in [6, 6.07) is 0. The predicted molar refractivity (Wildman–Crippen MR) is 86.0 cm³/mol. The normalized spacial score (nSPS) is 65.8. The number of ether oxygens (including phenoxy) is 4. The summed E-state index contributed by atoms with van der Waals surface area (Å²) in [5.74, 6) is 0.763. The maximum Gasteiger partial charge on any atom is 0.309 e. The molecule has 0 radical (unpaired) electrons. The molecule has 0 unspecified atom stereocenters. The number of hydrogen-bond donors (Lipinski definition) is 0. The second-order valence-corrected chi connectivity index (χ2v) is 10.1. The van der Waals surface area contributed by atoms with Gasteiger partial charge in [-0.25, -0.2) is 0 Å². The van der Waals surface area contributed by atoms with Crippen molar-refractivity contribution in [1.82, 2.24) is 0 Å². The number of carbonyl (C=O) groups excluding carboxylic acids is 2.